The quantitative estimate of drug-likeness (QED) is 0.899. The summed E-state index contributed by atoms with van der Waals surface area (Å²) in [6.07, 6.45) is -0.268. The number of carbonyl (C=O) groups is 1. The number of carbonyl (C=O) groups excluding carboxylic acids is 1. The van der Waals surface area contributed by atoms with Gasteiger partial charge in [0.2, 0.25) is 0 Å². The van der Waals surface area contributed by atoms with Crippen LogP contribution in [0.15, 0.2) is 24.3 Å². The van der Waals surface area contributed by atoms with E-state index in [2.05, 4.69) is 5.32 Å². The fourth-order valence-electron chi connectivity index (χ4n) is 2.36. The van der Waals surface area contributed by atoms with Gasteiger partial charge in [-0.2, -0.15) is 0 Å². The molecule has 2 N–H and O–H groups in total. The molecule has 1 heterocycles. The lowest BCUT2D eigenvalue weighted by Gasteiger charge is -2.41. The number of hydrogen-bond acceptors (Lipinski definition) is 4. The fraction of sp³-hybridized carbons (Fsp3) is 0.562. The first-order valence-electron chi connectivity index (χ1n) is 7.28. The monoisotopic (exact) mass is 292 g/mol. The number of phenols is 1. The van der Waals surface area contributed by atoms with E-state index in [9.17, 15) is 9.90 Å². The third-order valence-corrected chi connectivity index (χ3v) is 3.42. The number of rotatable bonds is 3. The van der Waals surface area contributed by atoms with E-state index in [1.807, 2.05) is 39.8 Å². The summed E-state index contributed by atoms with van der Waals surface area (Å²) in [4.78, 5) is 13.5. The Labute approximate surface area is 125 Å². The highest BCUT2D eigenvalue weighted by molar-refractivity contribution is 5.69. The Bertz CT molecular complexity index is 504. The largest absolute Gasteiger partial charge is 0.508 e. The molecule has 0 saturated carbocycles. The van der Waals surface area contributed by atoms with Gasteiger partial charge in [-0.05, 0) is 33.8 Å². The van der Waals surface area contributed by atoms with Crippen LogP contribution in [0.4, 0.5) is 4.79 Å². The Morgan fingerprint density at radius 2 is 2.00 bits per heavy atom. The Hall–Kier alpha value is -1.75. The van der Waals surface area contributed by atoms with Crippen molar-refractivity contribution < 1.29 is 14.6 Å². The zero-order valence-corrected chi connectivity index (χ0v) is 13.1. The summed E-state index contributed by atoms with van der Waals surface area (Å²) in [5, 5.41) is 13.2. The second kappa shape index (κ2) is 5.93. The molecule has 1 aliphatic rings. The zero-order chi connectivity index (χ0) is 15.6. The maximum absolute atomic E-state index is 11.8. The molecule has 1 aliphatic heterocycles. The molecule has 0 aromatic heterocycles. The van der Waals surface area contributed by atoms with Gasteiger partial charge in [-0.3, -0.25) is 0 Å². The first kappa shape index (κ1) is 15.6. The van der Waals surface area contributed by atoms with Gasteiger partial charge in [0.1, 0.15) is 11.4 Å². The van der Waals surface area contributed by atoms with Gasteiger partial charge in [-0.25, -0.2) is 4.79 Å². The lowest BCUT2D eigenvalue weighted by molar-refractivity contribution is 0.00430. The number of likely N-dealkylation sites (tertiary alicyclic amines) is 1. The number of ether oxygens (including phenoxy) is 1. The number of phenolic OH excluding ortho intramolecular Hbond substituents is 1. The van der Waals surface area contributed by atoms with Crippen molar-refractivity contribution in [3.05, 3.63) is 29.8 Å². The average Bonchev–Trinajstić information content (AvgIpc) is 2.31. The van der Waals surface area contributed by atoms with E-state index in [0.29, 0.717) is 18.8 Å². The third kappa shape index (κ3) is 4.11. The molecule has 0 spiro atoms. The highest BCUT2D eigenvalue weighted by Gasteiger charge is 2.34. The Kier molecular flexibility index (Phi) is 4.42. The number of para-hydroxylation sites is 1. The Morgan fingerprint density at radius 3 is 2.57 bits per heavy atom. The van der Waals surface area contributed by atoms with Crippen LogP contribution in [-0.2, 0) is 4.74 Å². The van der Waals surface area contributed by atoms with Gasteiger partial charge in [0.15, 0.2) is 0 Å². The molecule has 5 heteroatoms. The van der Waals surface area contributed by atoms with Gasteiger partial charge in [0.05, 0.1) is 0 Å². The molecule has 0 aliphatic carbocycles. The number of amides is 1. The van der Waals surface area contributed by atoms with Gasteiger partial charge in [0.25, 0.3) is 0 Å². The summed E-state index contributed by atoms with van der Waals surface area (Å²) < 4.78 is 5.32. The molecular formula is C16H24N2O3. The van der Waals surface area contributed by atoms with Crippen LogP contribution >= 0.6 is 0 Å². The minimum Gasteiger partial charge on any atom is -0.508 e. The van der Waals surface area contributed by atoms with Crippen LogP contribution in [0.5, 0.6) is 5.75 Å². The standard InChI is InChI=1S/C16H24N2O3/c1-11(13-7-5-6-8-14(13)19)17-12-9-18(10-12)15(20)21-16(2,3)4/h5-8,11-12,17,19H,9-10H2,1-4H3. The SMILES string of the molecule is CC(NC1CN(C(=O)OC(C)(C)C)C1)c1ccccc1O. The van der Waals surface area contributed by atoms with E-state index >= 15 is 0 Å². The second-order valence-electron chi connectivity index (χ2n) is 6.53. The predicted molar refractivity (Wildman–Crippen MR) is 81.3 cm³/mol. The molecule has 2 rings (SSSR count). The maximum atomic E-state index is 11.8. The summed E-state index contributed by atoms with van der Waals surface area (Å²) in [7, 11) is 0. The molecule has 1 unspecified atom stereocenters. The Balaban J connectivity index is 1.81. The molecular weight excluding hydrogens is 268 g/mol. The summed E-state index contributed by atoms with van der Waals surface area (Å²) in [5.74, 6) is 0.292. The normalized spacial score (nSPS) is 17.2. The summed E-state index contributed by atoms with van der Waals surface area (Å²) in [5.41, 5.74) is 0.409. The molecule has 116 valence electrons. The molecule has 1 aromatic carbocycles. The van der Waals surface area contributed by atoms with Crippen molar-refractivity contribution in [1.82, 2.24) is 10.2 Å². The fourth-order valence-corrected chi connectivity index (χ4v) is 2.36. The minimum atomic E-state index is -0.460. The molecule has 5 nitrogen and oxygen atoms in total. The first-order valence-corrected chi connectivity index (χ1v) is 7.28. The van der Waals surface area contributed by atoms with E-state index in [1.165, 1.54) is 0 Å². The molecule has 1 amide bonds. The van der Waals surface area contributed by atoms with Crippen molar-refractivity contribution in [3.8, 4) is 5.75 Å². The average molecular weight is 292 g/mol. The summed E-state index contributed by atoms with van der Waals surface area (Å²) >= 11 is 0. The van der Waals surface area contributed by atoms with Crippen LogP contribution in [0.25, 0.3) is 0 Å². The van der Waals surface area contributed by atoms with E-state index in [-0.39, 0.29) is 18.2 Å². The summed E-state index contributed by atoms with van der Waals surface area (Å²) in [6.45, 7) is 8.85. The van der Waals surface area contributed by atoms with E-state index in [4.69, 9.17) is 4.74 Å². The third-order valence-electron chi connectivity index (χ3n) is 3.42. The highest BCUT2D eigenvalue weighted by Crippen LogP contribution is 2.25. The number of hydrogen-bond donors (Lipinski definition) is 2. The van der Waals surface area contributed by atoms with Gasteiger partial charge in [0, 0.05) is 30.7 Å². The van der Waals surface area contributed by atoms with Gasteiger partial charge < -0.3 is 20.1 Å². The molecule has 1 aromatic rings. The van der Waals surface area contributed by atoms with Crippen molar-refractivity contribution >= 4 is 6.09 Å². The minimum absolute atomic E-state index is 0.0389. The molecule has 0 radical (unpaired) electrons. The lowest BCUT2D eigenvalue weighted by atomic mass is 10.0. The van der Waals surface area contributed by atoms with Gasteiger partial charge >= 0.3 is 6.09 Å². The van der Waals surface area contributed by atoms with Crippen LogP contribution in [0.1, 0.15) is 39.3 Å². The number of nitrogens with one attached hydrogen (secondary N) is 1. The molecule has 1 saturated heterocycles. The molecule has 21 heavy (non-hydrogen) atoms. The van der Waals surface area contributed by atoms with Gasteiger partial charge in [-0.1, -0.05) is 18.2 Å². The van der Waals surface area contributed by atoms with Crippen LogP contribution in [-0.4, -0.2) is 40.8 Å². The predicted octanol–water partition coefficient (Wildman–Crippen LogP) is 2.66. The van der Waals surface area contributed by atoms with E-state index < -0.39 is 5.60 Å². The van der Waals surface area contributed by atoms with Gasteiger partial charge in [-0.15, -0.1) is 0 Å². The van der Waals surface area contributed by atoms with Crippen LogP contribution < -0.4 is 5.32 Å². The second-order valence-corrected chi connectivity index (χ2v) is 6.53. The topological polar surface area (TPSA) is 61.8 Å². The van der Waals surface area contributed by atoms with Crippen molar-refractivity contribution in [2.45, 2.75) is 45.4 Å². The molecule has 1 fully saturated rings. The van der Waals surface area contributed by atoms with Crippen LogP contribution in [0, 0.1) is 0 Å². The number of nitrogens with zero attached hydrogens (tertiary/aromatic N) is 1. The zero-order valence-electron chi connectivity index (χ0n) is 13.1. The van der Waals surface area contributed by atoms with Crippen molar-refractivity contribution in [2.75, 3.05) is 13.1 Å². The van der Waals surface area contributed by atoms with Crippen molar-refractivity contribution in [1.29, 1.82) is 0 Å². The van der Waals surface area contributed by atoms with Crippen LogP contribution in [0.2, 0.25) is 0 Å². The summed E-state index contributed by atoms with van der Waals surface area (Å²) in [6, 6.07) is 7.56. The lowest BCUT2D eigenvalue weighted by Crippen LogP contribution is -2.60. The molecule has 0 bridgehead atoms. The number of aromatic hydroxyl groups is 1. The van der Waals surface area contributed by atoms with E-state index in [0.717, 1.165) is 5.56 Å². The highest BCUT2D eigenvalue weighted by atomic mass is 16.6. The van der Waals surface area contributed by atoms with Crippen molar-refractivity contribution in [2.24, 2.45) is 0 Å². The number of benzene rings is 1. The van der Waals surface area contributed by atoms with Crippen LogP contribution in [0.3, 0.4) is 0 Å². The first-order chi connectivity index (χ1) is 9.76. The maximum Gasteiger partial charge on any atom is 0.410 e. The smallest absolute Gasteiger partial charge is 0.410 e. The van der Waals surface area contributed by atoms with E-state index in [1.54, 1.807) is 17.0 Å². The molecule has 1 atom stereocenters. The van der Waals surface area contributed by atoms with Crippen molar-refractivity contribution in [3.63, 3.8) is 0 Å². The Morgan fingerprint density at radius 1 is 1.38 bits per heavy atom.